The molecule has 2 heterocycles. The number of benzene rings is 4. The molecule has 0 radical (unpaired) electrons. The number of ether oxygens (including phenoxy) is 1. The molecular formula is C30H16BrCl3N4O5. The maximum Gasteiger partial charge on any atom is 0.312 e. The highest BCUT2D eigenvalue weighted by molar-refractivity contribution is 9.10. The topological polar surface area (TPSA) is 113 Å². The Morgan fingerprint density at radius 2 is 1.84 bits per heavy atom. The molecule has 0 bridgehead atoms. The van der Waals surface area contributed by atoms with Crippen molar-refractivity contribution in [3.63, 3.8) is 0 Å². The molecule has 0 atom stereocenters. The molecule has 0 saturated carbocycles. The van der Waals surface area contributed by atoms with Gasteiger partial charge >= 0.3 is 5.69 Å². The number of fused-ring (bicyclic) bond motifs is 2. The number of nitro groups is 1. The fourth-order valence-corrected chi connectivity index (χ4v) is 5.46. The first-order chi connectivity index (χ1) is 20.7. The summed E-state index contributed by atoms with van der Waals surface area (Å²) in [6.45, 7) is 0.00793. The first kappa shape index (κ1) is 28.9. The molecule has 0 fully saturated rings. The van der Waals surface area contributed by atoms with E-state index in [4.69, 9.17) is 44.0 Å². The largest absolute Gasteiger partial charge is 0.481 e. The van der Waals surface area contributed by atoms with E-state index in [1.807, 2.05) is 0 Å². The number of hydrogen-bond acceptors (Lipinski definition) is 7. The van der Waals surface area contributed by atoms with Crippen LogP contribution >= 0.6 is 50.7 Å². The molecule has 214 valence electrons. The minimum absolute atomic E-state index is 0.00793. The van der Waals surface area contributed by atoms with Crippen molar-refractivity contribution in [2.75, 3.05) is 0 Å². The fraction of sp³-hybridized carbons (Fsp3) is 0.0333. The zero-order valence-electron chi connectivity index (χ0n) is 21.6. The van der Waals surface area contributed by atoms with Crippen molar-refractivity contribution in [1.82, 2.24) is 9.66 Å². The van der Waals surface area contributed by atoms with Crippen LogP contribution < -0.4 is 10.3 Å². The normalized spacial score (nSPS) is 11.5. The van der Waals surface area contributed by atoms with Crippen molar-refractivity contribution in [2.24, 2.45) is 5.10 Å². The second-order valence-corrected chi connectivity index (χ2v) is 11.4. The van der Waals surface area contributed by atoms with Crippen molar-refractivity contribution >= 4 is 84.5 Å². The van der Waals surface area contributed by atoms with E-state index in [9.17, 15) is 14.9 Å². The van der Waals surface area contributed by atoms with Crippen LogP contribution in [0.5, 0.6) is 5.75 Å². The summed E-state index contributed by atoms with van der Waals surface area (Å²) in [5, 5.41) is 18.7. The molecule has 6 aromatic rings. The predicted octanol–water partition coefficient (Wildman–Crippen LogP) is 8.90. The van der Waals surface area contributed by atoms with Crippen LogP contribution in [-0.2, 0) is 6.61 Å². The minimum atomic E-state index is -0.568. The summed E-state index contributed by atoms with van der Waals surface area (Å²) in [7, 11) is 0. The fourth-order valence-electron chi connectivity index (χ4n) is 4.38. The highest BCUT2D eigenvalue weighted by Crippen LogP contribution is 2.37. The Morgan fingerprint density at radius 1 is 1.02 bits per heavy atom. The highest BCUT2D eigenvalue weighted by Gasteiger charge is 2.21. The molecule has 0 spiro atoms. The Balaban J connectivity index is 1.41. The average molecular weight is 699 g/mol. The van der Waals surface area contributed by atoms with Gasteiger partial charge in [0.15, 0.2) is 5.76 Å². The molecule has 9 nitrogen and oxygen atoms in total. The summed E-state index contributed by atoms with van der Waals surface area (Å²) in [5.74, 6) is 0.442. The van der Waals surface area contributed by atoms with Gasteiger partial charge < -0.3 is 9.15 Å². The molecule has 0 amide bonds. The van der Waals surface area contributed by atoms with Gasteiger partial charge in [-0.05, 0) is 76.1 Å². The van der Waals surface area contributed by atoms with Gasteiger partial charge in [-0.15, -0.1) is 0 Å². The summed E-state index contributed by atoms with van der Waals surface area (Å²) in [6, 6.07) is 21.5. The summed E-state index contributed by atoms with van der Waals surface area (Å²) in [4.78, 5) is 29.6. The van der Waals surface area contributed by atoms with Crippen LogP contribution in [0.3, 0.4) is 0 Å². The molecule has 0 saturated heterocycles. The monoisotopic (exact) mass is 696 g/mol. The van der Waals surface area contributed by atoms with Crippen LogP contribution in [0.1, 0.15) is 11.1 Å². The smallest absolute Gasteiger partial charge is 0.312 e. The minimum Gasteiger partial charge on any atom is -0.481 e. The molecule has 13 heteroatoms. The lowest BCUT2D eigenvalue weighted by Crippen LogP contribution is -2.20. The molecular weight excluding hydrogens is 683 g/mol. The van der Waals surface area contributed by atoms with Crippen molar-refractivity contribution in [1.29, 1.82) is 0 Å². The summed E-state index contributed by atoms with van der Waals surface area (Å²) in [5.41, 5.74) is 1.23. The van der Waals surface area contributed by atoms with E-state index in [2.05, 4.69) is 26.0 Å². The molecule has 6 rings (SSSR count). The zero-order valence-corrected chi connectivity index (χ0v) is 25.5. The van der Waals surface area contributed by atoms with Gasteiger partial charge in [-0.1, -0.05) is 53.0 Å². The Morgan fingerprint density at radius 3 is 2.63 bits per heavy atom. The van der Waals surface area contributed by atoms with E-state index >= 15 is 0 Å². The third kappa shape index (κ3) is 5.87. The van der Waals surface area contributed by atoms with E-state index < -0.39 is 10.5 Å². The van der Waals surface area contributed by atoms with Gasteiger partial charge in [0, 0.05) is 22.0 Å². The quantitative estimate of drug-likeness (QED) is 0.0935. The van der Waals surface area contributed by atoms with E-state index in [1.165, 1.54) is 12.3 Å². The Kier molecular flexibility index (Phi) is 7.93. The number of aromatic nitrogens is 2. The van der Waals surface area contributed by atoms with Gasteiger partial charge in [0.25, 0.3) is 5.56 Å². The lowest BCUT2D eigenvalue weighted by Gasteiger charge is -2.11. The second-order valence-electron chi connectivity index (χ2n) is 9.25. The van der Waals surface area contributed by atoms with Gasteiger partial charge in [-0.25, -0.2) is 4.98 Å². The third-order valence-corrected chi connectivity index (χ3v) is 7.95. The Hall–Kier alpha value is -4.22. The number of halogens is 4. The average Bonchev–Trinajstić information content (AvgIpc) is 3.40. The molecule has 0 aliphatic heterocycles. The lowest BCUT2D eigenvalue weighted by molar-refractivity contribution is -0.386. The first-order valence-corrected chi connectivity index (χ1v) is 14.4. The van der Waals surface area contributed by atoms with Crippen molar-refractivity contribution in [3.05, 3.63) is 130 Å². The number of furan rings is 1. The predicted molar refractivity (Wildman–Crippen MR) is 171 cm³/mol. The molecule has 0 N–H and O–H groups in total. The molecule has 0 aliphatic rings. The van der Waals surface area contributed by atoms with Crippen LogP contribution in [0, 0.1) is 10.1 Å². The number of hydrogen-bond donors (Lipinski definition) is 0. The standard InChI is InChI=1S/C30H16BrCl3N4O5/c31-21-9-17(11-25(38(40)41)28(21)42-15-16-5-7-22(33)23(34)10-16)14-35-37-29(36-24-4-2-1-3-20(24)30(37)39)27-13-18-12-19(32)6-8-26(18)43-27/h1-14H,15H2. The van der Waals surface area contributed by atoms with Gasteiger partial charge in [0.05, 0.1) is 36.6 Å². The molecule has 0 unspecified atom stereocenters. The van der Waals surface area contributed by atoms with Gasteiger partial charge in [-0.3, -0.25) is 14.9 Å². The first-order valence-electron chi connectivity index (χ1n) is 12.5. The van der Waals surface area contributed by atoms with E-state index in [0.29, 0.717) is 47.2 Å². The van der Waals surface area contributed by atoms with Crippen LogP contribution in [0.15, 0.2) is 97.6 Å². The molecule has 4 aromatic carbocycles. The maximum atomic E-state index is 13.6. The van der Waals surface area contributed by atoms with Crippen LogP contribution in [0.4, 0.5) is 5.69 Å². The number of para-hydroxylation sites is 1. The van der Waals surface area contributed by atoms with E-state index in [0.717, 1.165) is 10.1 Å². The third-order valence-electron chi connectivity index (χ3n) is 6.39. The van der Waals surface area contributed by atoms with Gasteiger partial charge in [0.1, 0.15) is 12.2 Å². The summed E-state index contributed by atoms with van der Waals surface area (Å²) >= 11 is 21.6. The second kappa shape index (κ2) is 11.8. The lowest BCUT2D eigenvalue weighted by atomic mass is 10.2. The SMILES string of the molecule is O=c1c2ccccc2nc(-c2cc3cc(Cl)ccc3o2)n1N=Cc1cc(Br)c(OCc2ccc(Cl)c(Cl)c2)c([N+](=O)[O-])c1. The Bertz CT molecular complexity index is 2160. The molecule has 2 aromatic heterocycles. The van der Waals surface area contributed by atoms with Gasteiger partial charge in [-0.2, -0.15) is 9.78 Å². The van der Waals surface area contributed by atoms with Gasteiger partial charge in [0.2, 0.25) is 11.6 Å². The highest BCUT2D eigenvalue weighted by atomic mass is 79.9. The van der Waals surface area contributed by atoms with E-state index in [-0.39, 0.29) is 29.6 Å². The van der Waals surface area contributed by atoms with Crippen LogP contribution in [-0.4, -0.2) is 20.8 Å². The maximum absolute atomic E-state index is 13.6. The van der Waals surface area contributed by atoms with Crippen molar-refractivity contribution in [3.8, 4) is 17.3 Å². The van der Waals surface area contributed by atoms with Crippen molar-refractivity contribution in [2.45, 2.75) is 6.61 Å². The van der Waals surface area contributed by atoms with Crippen LogP contribution in [0.25, 0.3) is 33.5 Å². The number of nitrogens with zero attached hydrogens (tertiary/aromatic N) is 4. The zero-order chi connectivity index (χ0) is 30.2. The van der Waals surface area contributed by atoms with E-state index in [1.54, 1.807) is 72.8 Å². The number of nitro benzene ring substituents is 1. The van der Waals surface area contributed by atoms with Crippen molar-refractivity contribution < 1.29 is 14.1 Å². The van der Waals surface area contributed by atoms with Crippen LogP contribution in [0.2, 0.25) is 15.1 Å². The molecule has 43 heavy (non-hydrogen) atoms. The Labute approximate surface area is 266 Å². The molecule has 0 aliphatic carbocycles. The number of rotatable bonds is 7. The summed E-state index contributed by atoms with van der Waals surface area (Å²) in [6.07, 6.45) is 1.32. The summed E-state index contributed by atoms with van der Waals surface area (Å²) < 4.78 is 13.2.